The zero-order valence-electron chi connectivity index (χ0n) is 8.70. The van der Waals surface area contributed by atoms with Gasteiger partial charge in [-0.05, 0) is 23.7 Å². The number of rotatable bonds is 3. The Morgan fingerprint density at radius 1 is 1.38 bits per heavy atom. The lowest BCUT2D eigenvalue weighted by Gasteiger charge is -2.01. The van der Waals surface area contributed by atoms with Crippen LogP contribution >= 0.6 is 11.6 Å². The van der Waals surface area contributed by atoms with Crippen molar-refractivity contribution in [1.82, 2.24) is 9.97 Å². The number of aromatic nitrogens is 2. The van der Waals surface area contributed by atoms with Crippen LogP contribution in [0.4, 0.5) is 0 Å². The molecule has 0 fully saturated rings. The van der Waals surface area contributed by atoms with Crippen molar-refractivity contribution in [2.75, 3.05) is 14.2 Å². The van der Waals surface area contributed by atoms with E-state index < -0.39 is 5.24 Å². The maximum absolute atomic E-state index is 11.2. The van der Waals surface area contributed by atoms with Gasteiger partial charge < -0.3 is 14.5 Å². The summed E-state index contributed by atoms with van der Waals surface area (Å²) in [6.07, 6.45) is 0. The monoisotopic (exact) mass is 240 g/mol. The summed E-state index contributed by atoms with van der Waals surface area (Å²) in [5.74, 6) is 0.552. The zero-order valence-corrected chi connectivity index (χ0v) is 9.46. The minimum Gasteiger partial charge on any atom is -0.494 e. The Morgan fingerprint density at radius 3 is 2.69 bits per heavy atom. The van der Waals surface area contributed by atoms with Crippen LogP contribution in [0.1, 0.15) is 10.4 Å². The Balaban J connectivity index is 2.77. The van der Waals surface area contributed by atoms with Gasteiger partial charge in [0.15, 0.2) is 0 Å². The number of fused-ring (bicyclic) bond motifs is 1. The Hall–Kier alpha value is -1.75. The number of carbonyl (C=O) groups is 1. The number of methoxy groups -OCH3 is 2. The van der Waals surface area contributed by atoms with Crippen molar-refractivity contribution >= 4 is 27.9 Å². The molecule has 16 heavy (non-hydrogen) atoms. The van der Waals surface area contributed by atoms with Crippen molar-refractivity contribution in [3.8, 4) is 11.8 Å². The molecule has 1 N–H and O–H groups in total. The topological polar surface area (TPSA) is 64.2 Å². The van der Waals surface area contributed by atoms with E-state index in [9.17, 15) is 4.79 Å². The Morgan fingerprint density at radius 2 is 2.12 bits per heavy atom. The normalized spacial score (nSPS) is 10.4. The first kappa shape index (κ1) is 10.8. The van der Waals surface area contributed by atoms with Gasteiger partial charge in [-0.1, -0.05) is 0 Å². The van der Waals surface area contributed by atoms with Crippen LogP contribution in [0.25, 0.3) is 11.0 Å². The number of hydrogen-bond acceptors (Lipinski definition) is 4. The second-order valence-corrected chi connectivity index (χ2v) is 3.40. The van der Waals surface area contributed by atoms with Crippen LogP contribution in [0.5, 0.6) is 11.8 Å². The molecule has 0 saturated heterocycles. The van der Waals surface area contributed by atoms with Gasteiger partial charge in [-0.15, -0.1) is 0 Å². The van der Waals surface area contributed by atoms with Crippen LogP contribution in [-0.2, 0) is 0 Å². The van der Waals surface area contributed by atoms with Gasteiger partial charge in [0.05, 0.1) is 25.3 Å². The molecule has 0 aliphatic heterocycles. The molecule has 0 bridgehead atoms. The molecule has 0 saturated carbocycles. The fourth-order valence-electron chi connectivity index (χ4n) is 1.47. The molecule has 0 radical (unpaired) electrons. The molecular formula is C10H9ClN2O3. The second-order valence-electron chi connectivity index (χ2n) is 3.06. The molecule has 0 unspecified atom stereocenters. The SMILES string of the molecule is COc1nc2c(OC)ccc(C(=O)Cl)c2[nH]1. The maximum atomic E-state index is 11.2. The van der Waals surface area contributed by atoms with Crippen molar-refractivity contribution < 1.29 is 14.3 Å². The molecule has 0 atom stereocenters. The van der Waals surface area contributed by atoms with Crippen molar-refractivity contribution in [3.63, 3.8) is 0 Å². The minimum atomic E-state index is -0.557. The summed E-state index contributed by atoms with van der Waals surface area (Å²) in [6, 6.07) is 3.52. The maximum Gasteiger partial charge on any atom is 0.294 e. The molecule has 0 amide bonds. The first-order valence-corrected chi connectivity index (χ1v) is 4.85. The number of nitrogens with zero attached hydrogens (tertiary/aromatic N) is 1. The molecule has 0 aliphatic rings. The molecule has 0 spiro atoms. The summed E-state index contributed by atoms with van der Waals surface area (Å²) in [4.78, 5) is 18.2. The summed E-state index contributed by atoms with van der Waals surface area (Å²) < 4.78 is 10.1. The van der Waals surface area contributed by atoms with Gasteiger partial charge in [-0.25, -0.2) is 0 Å². The fourth-order valence-corrected chi connectivity index (χ4v) is 1.63. The summed E-state index contributed by atoms with van der Waals surface area (Å²) >= 11 is 5.46. The van der Waals surface area contributed by atoms with Crippen molar-refractivity contribution in [2.45, 2.75) is 0 Å². The highest BCUT2D eigenvalue weighted by atomic mass is 35.5. The van der Waals surface area contributed by atoms with E-state index in [1.807, 2.05) is 0 Å². The Bertz CT molecular complexity index is 550. The van der Waals surface area contributed by atoms with Crippen LogP contribution in [0.15, 0.2) is 12.1 Å². The molecule has 1 aromatic carbocycles. The Kier molecular flexibility index (Phi) is 2.70. The molecular weight excluding hydrogens is 232 g/mol. The van der Waals surface area contributed by atoms with Crippen molar-refractivity contribution in [1.29, 1.82) is 0 Å². The number of carbonyl (C=O) groups excluding carboxylic acids is 1. The molecule has 1 heterocycles. The van der Waals surface area contributed by atoms with Gasteiger partial charge in [0.25, 0.3) is 11.3 Å². The van der Waals surface area contributed by atoms with Crippen molar-refractivity contribution in [3.05, 3.63) is 17.7 Å². The van der Waals surface area contributed by atoms with E-state index in [4.69, 9.17) is 21.1 Å². The van der Waals surface area contributed by atoms with E-state index in [0.29, 0.717) is 28.4 Å². The lowest BCUT2D eigenvalue weighted by Crippen LogP contribution is -1.92. The van der Waals surface area contributed by atoms with E-state index in [1.54, 1.807) is 12.1 Å². The number of imidazole rings is 1. The number of halogens is 1. The van der Waals surface area contributed by atoms with Gasteiger partial charge in [0.1, 0.15) is 11.3 Å². The highest BCUT2D eigenvalue weighted by molar-refractivity contribution is 6.68. The van der Waals surface area contributed by atoms with Gasteiger partial charge in [0, 0.05) is 0 Å². The number of nitrogens with one attached hydrogen (secondary N) is 1. The van der Waals surface area contributed by atoms with Gasteiger partial charge in [-0.2, -0.15) is 4.98 Å². The number of ether oxygens (including phenoxy) is 2. The van der Waals surface area contributed by atoms with Crippen LogP contribution in [0, 0.1) is 0 Å². The van der Waals surface area contributed by atoms with Gasteiger partial charge in [0.2, 0.25) is 0 Å². The molecule has 1 aromatic heterocycles. The summed E-state index contributed by atoms with van der Waals surface area (Å²) in [5.41, 5.74) is 1.37. The summed E-state index contributed by atoms with van der Waals surface area (Å²) in [6.45, 7) is 0. The minimum absolute atomic E-state index is 0.304. The van der Waals surface area contributed by atoms with E-state index in [1.165, 1.54) is 14.2 Å². The van der Waals surface area contributed by atoms with Crippen LogP contribution in [-0.4, -0.2) is 29.4 Å². The van der Waals surface area contributed by atoms with E-state index in [0.717, 1.165) is 0 Å². The number of H-pyrrole nitrogens is 1. The lowest BCUT2D eigenvalue weighted by atomic mass is 10.2. The van der Waals surface area contributed by atoms with E-state index >= 15 is 0 Å². The van der Waals surface area contributed by atoms with Gasteiger partial charge in [-0.3, -0.25) is 4.79 Å². The first-order valence-electron chi connectivity index (χ1n) is 4.48. The van der Waals surface area contributed by atoms with Crippen LogP contribution < -0.4 is 9.47 Å². The quantitative estimate of drug-likeness (QED) is 0.833. The molecule has 5 nitrogen and oxygen atoms in total. The highest BCUT2D eigenvalue weighted by Crippen LogP contribution is 2.29. The van der Waals surface area contributed by atoms with Crippen LogP contribution in [0.2, 0.25) is 0 Å². The third-order valence-corrected chi connectivity index (χ3v) is 2.41. The van der Waals surface area contributed by atoms with Crippen LogP contribution in [0.3, 0.4) is 0 Å². The van der Waals surface area contributed by atoms with E-state index in [2.05, 4.69) is 9.97 Å². The number of hydrogen-bond donors (Lipinski definition) is 1. The molecule has 0 aliphatic carbocycles. The average molecular weight is 241 g/mol. The predicted molar refractivity (Wildman–Crippen MR) is 59.4 cm³/mol. The second kappa shape index (κ2) is 4.02. The average Bonchev–Trinajstić information content (AvgIpc) is 2.70. The number of benzene rings is 1. The largest absolute Gasteiger partial charge is 0.494 e. The third kappa shape index (κ3) is 1.59. The number of aromatic amines is 1. The molecule has 84 valence electrons. The molecule has 2 aromatic rings. The fraction of sp³-hybridized carbons (Fsp3) is 0.200. The third-order valence-electron chi connectivity index (χ3n) is 2.21. The van der Waals surface area contributed by atoms with Crippen molar-refractivity contribution in [2.24, 2.45) is 0 Å². The molecule has 2 rings (SSSR count). The standard InChI is InChI=1S/C10H9ClN2O3/c1-15-6-4-3-5(9(11)14)7-8(6)13-10(12-7)16-2/h3-4H,1-2H3,(H,12,13). The smallest absolute Gasteiger partial charge is 0.294 e. The highest BCUT2D eigenvalue weighted by Gasteiger charge is 2.15. The summed E-state index contributed by atoms with van der Waals surface area (Å²) in [5, 5.41) is -0.557. The van der Waals surface area contributed by atoms with E-state index in [-0.39, 0.29) is 0 Å². The lowest BCUT2D eigenvalue weighted by molar-refractivity contribution is 0.108. The zero-order chi connectivity index (χ0) is 11.7. The summed E-state index contributed by atoms with van der Waals surface area (Å²) in [7, 11) is 3.00. The predicted octanol–water partition coefficient (Wildman–Crippen LogP) is 1.96. The first-order chi connectivity index (χ1) is 7.67. The van der Waals surface area contributed by atoms with Gasteiger partial charge >= 0.3 is 0 Å². The Labute approximate surface area is 96.3 Å². The molecule has 6 heteroatoms.